The number of fused-ring (bicyclic) bond motifs is 1. The summed E-state index contributed by atoms with van der Waals surface area (Å²) in [6.07, 6.45) is 1.21. The molecular formula is C9H9BrS. The second-order valence-electron chi connectivity index (χ2n) is 2.85. The maximum Gasteiger partial charge on any atom is 0.0218 e. The second-order valence-corrected chi connectivity index (χ2v) is 5.18. The van der Waals surface area contributed by atoms with Crippen molar-refractivity contribution in [2.75, 3.05) is 0 Å². The second kappa shape index (κ2) is 2.83. The van der Waals surface area contributed by atoms with E-state index in [2.05, 4.69) is 41.1 Å². The van der Waals surface area contributed by atoms with Crippen molar-refractivity contribution >= 4 is 27.7 Å². The maximum atomic E-state index is 3.56. The van der Waals surface area contributed by atoms with Gasteiger partial charge in [-0.2, -0.15) is 0 Å². The zero-order valence-corrected chi connectivity index (χ0v) is 8.71. The average molecular weight is 229 g/mol. The molecule has 1 aromatic rings. The molecule has 0 bridgehead atoms. The van der Waals surface area contributed by atoms with Crippen molar-refractivity contribution in [3.8, 4) is 0 Å². The molecule has 0 saturated carbocycles. The van der Waals surface area contributed by atoms with Crippen LogP contribution in [-0.4, -0.2) is 5.25 Å². The Balaban J connectivity index is 2.49. The minimum Gasteiger partial charge on any atom is -0.122 e. The van der Waals surface area contributed by atoms with Crippen LogP contribution >= 0.6 is 27.7 Å². The minimum absolute atomic E-state index is 0.753. The van der Waals surface area contributed by atoms with E-state index in [0.717, 1.165) is 5.25 Å². The van der Waals surface area contributed by atoms with Crippen LogP contribution in [0.2, 0.25) is 0 Å². The van der Waals surface area contributed by atoms with E-state index >= 15 is 0 Å². The van der Waals surface area contributed by atoms with Gasteiger partial charge < -0.3 is 0 Å². The van der Waals surface area contributed by atoms with Crippen molar-refractivity contribution in [2.24, 2.45) is 0 Å². The van der Waals surface area contributed by atoms with Crippen LogP contribution in [0.15, 0.2) is 27.6 Å². The van der Waals surface area contributed by atoms with Gasteiger partial charge in [0.1, 0.15) is 0 Å². The molecule has 0 saturated heterocycles. The fourth-order valence-electron chi connectivity index (χ4n) is 1.39. The third-order valence-electron chi connectivity index (χ3n) is 1.90. The standard InChI is InChI=1S/C9H9BrS/c1-6-5-7-8(10)3-2-4-9(7)11-6/h2-4,6H,5H2,1H3. The smallest absolute Gasteiger partial charge is 0.0218 e. The zero-order chi connectivity index (χ0) is 7.84. The molecule has 1 aliphatic heterocycles. The molecule has 2 heteroatoms. The van der Waals surface area contributed by atoms with Gasteiger partial charge in [-0.05, 0) is 24.1 Å². The van der Waals surface area contributed by atoms with Gasteiger partial charge in [0.25, 0.3) is 0 Å². The summed E-state index contributed by atoms with van der Waals surface area (Å²) in [5.74, 6) is 0. The lowest BCUT2D eigenvalue weighted by Gasteiger charge is -1.98. The van der Waals surface area contributed by atoms with E-state index in [0.29, 0.717) is 0 Å². The summed E-state index contributed by atoms with van der Waals surface area (Å²) in [4.78, 5) is 1.45. The van der Waals surface area contributed by atoms with Crippen molar-refractivity contribution in [2.45, 2.75) is 23.5 Å². The normalized spacial score (nSPS) is 21.8. The summed E-state index contributed by atoms with van der Waals surface area (Å²) in [6.45, 7) is 2.27. The van der Waals surface area contributed by atoms with Gasteiger partial charge in [0, 0.05) is 14.6 Å². The highest BCUT2D eigenvalue weighted by atomic mass is 79.9. The Labute approximate surface area is 79.5 Å². The summed E-state index contributed by atoms with van der Waals surface area (Å²) in [5, 5.41) is 0.753. The average Bonchev–Trinajstić information content (AvgIpc) is 2.31. The fourth-order valence-corrected chi connectivity index (χ4v) is 3.23. The number of rotatable bonds is 0. The van der Waals surface area contributed by atoms with Crippen LogP contribution in [0.1, 0.15) is 12.5 Å². The van der Waals surface area contributed by atoms with Gasteiger partial charge in [-0.1, -0.05) is 28.9 Å². The maximum absolute atomic E-state index is 3.56. The van der Waals surface area contributed by atoms with Crippen LogP contribution in [0.4, 0.5) is 0 Å². The van der Waals surface area contributed by atoms with E-state index in [1.807, 2.05) is 11.8 Å². The van der Waals surface area contributed by atoms with Gasteiger partial charge in [0.2, 0.25) is 0 Å². The van der Waals surface area contributed by atoms with E-state index in [-0.39, 0.29) is 0 Å². The third kappa shape index (κ3) is 1.34. The zero-order valence-electron chi connectivity index (χ0n) is 6.30. The molecule has 1 heterocycles. The summed E-state index contributed by atoms with van der Waals surface area (Å²) in [6, 6.07) is 6.43. The molecule has 0 nitrogen and oxygen atoms in total. The van der Waals surface area contributed by atoms with Gasteiger partial charge in [0.15, 0.2) is 0 Å². The Bertz CT molecular complexity index is 283. The highest BCUT2D eigenvalue weighted by Gasteiger charge is 2.19. The predicted octanol–water partition coefficient (Wildman–Crippen LogP) is 3.49. The molecule has 0 spiro atoms. The van der Waals surface area contributed by atoms with Gasteiger partial charge in [-0.15, -0.1) is 11.8 Å². The molecule has 11 heavy (non-hydrogen) atoms. The minimum atomic E-state index is 0.753. The quantitative estimate of drug-likeness (QED) is 0.656. The van der Waals surface area contributed by atoms with Crippen LogP contribution < -0.4 is 0 Å². The summed E-state index contributed by atoms with van der Waals surface area (Å²) < 4.78 is 1.27. The van der Waals surface area contributed by atoms with E-state index in [1.54, 1.807) is 0 Å². The van der Waals surface area contributed by atoms with E-state index in [1.165, 1.54) is 21.4 Å². The van der Waals surface area contributed by atoms with Gasteiger partial charge in [0.05, 0.1) is 0 Å². The van der Waals surface area contributed by atoms with Crippen molar-refractivity contribution in [3.05, 3.63) is 28.2 Å². The monoisotopic (exact) mass is 228 g/mol. The Morgan fingerprint density at radius 1 is 1.55 bits per heavy atom. The number of benzene rings is 1. The van der Waals surface area contributed by atoms with Crippen LogP contribution in [0, 0.1) is 0 Å². The molecule has 0 radical (unpaired) electrons. The lowest BCUT2D eigenvalue weighted by Crippen LogP contribution is -1.91. The van der Waals surface area contributed by atoms with Crippen LogP contribution in [-0.2, 0) is 6.42 Å². The first-order chi connectivity index (χ1) is 5.27. The van der Waals surface area contributed by atoms with Gasteiger partial charge in [-0.3, -0.25) is 0 Å². The Morgan fingerprint density at radius 2 is 2.36 bits per heavy atom. The predicted molar refractivity (Wildman–Crippen MR) is 53.2 cm³/mol. The first-order valence-corrected chi connectivity index (χ1v) is 5.38. The molecule has 0 amide bonds. The molecule has 0 aromatic heterocycles. The lowest BCUT2D eigenvalue weighted by molar-refractivity contribution is 0.954. The molecule has 1 aliphatic rings. The first-order valence-electron chi connectivity index (χ1n) is 3.71. The summed E-state index contributed by atoms with van der Waals surface area (Å²) in [5.41, 5.74) is 1.49. The Hall–Kier alpha value is 0.0500. The number of halogens is 1. The number of thioether (sulfide) groups is 1. The number of hydrogen-bond donors (Lipinski definition) is 0. The highest BCUT2D eigenvalue weighted by molar-refractivity contribution is 9.10. The van der Waals surface area contributed by atoms with E-state index < -0.39 is 0 Å². The topological polar surface area (TPSA) is 0 Å². The first kappa shape index (κ1) is 7.69. The molecule has 0 fully saturated rings. The molecule has 1 atom stereocenters. The summed E-state index contributed by atoms with van der Waals surface area (Å²) >= 11 is 5.54. The molecule has 0 N–H and O–H groups in total. The van der Waals surface area contributed by atoms with Crippen molar-refractivity contribution in [1.29, 1.82) is 0 Å². The van der Waals surface area contributed by atoms with E-state index in [9.17, 15) is 0 Å². The molecule has 1 aromatic carbocycles. The van der Waals surface area contributed by atoms with E-state index in [4.69, 9.17) is 0 Å². The van der Waals surface area contributed by atoms with Crippen LogP contribution in [0.3, 0.4) is 0 Å². The molecule has 2 rings (SSSR count). The van der Waals surface area contributed by atoms with Crippen molar-refractivity contribution in [3.63, 3.8) is 0 Å². The highest BCUT2D eigenvalue weighted by Crippen LogP contribution is 2.39. The van der Waals surface area contributed by atoms with Gasteiger partial charge in [-0.25, -0.2) is 0 Å². The fraction of sp³-hybridized carbons (Fsp3) is 0.333. The molecule has 1 unspecified atom stereocenters. The van der Waals surface area contributed by atoms with Crippen LogP contribution in [0.25, 0.3) is 0 Å². The van der Waals surface area contributed by atoms with Crippen molar-refractivity contribution < 1.29 is 0 Å². The van der Waals surface area contributed by atoms with Crippen LogP contribution in [0.5, 0.6) is 0 Å². The van der Waals surface area contributed by atoms with Crippen molar-refractivity contribution in [1.82, 2.24) is 0 Å². The van der Waals surface area contributed by atoms with Gasteiger partial charge >= 0.3 is 0 Å². The Morgan fingerprint density at radius 3 is 3.09 bits per heavy atom. The SMILES string of the molecule is CC1Cc2c(Br)cccc2S1. The molecule has 0 aliphatic carbocycles. The third-order valence-corrected chi connectivity index (χ3v) is 3.84. The lowest BCUT2D eigenvalue weighted by atomic mass is 10.1. The largest absolute Gasteiger partial charge is 0.122 e. The molecule has 58 valence electrons. The Kier molecular flexibility index (Phi) is 1.98. The number of hydrogen-bond acceptors (Lipinski definition) is 1. The molecular weight excluding hydrogens is 220 g/mol. The summed E-state index contributed by atoms with van der Waals surface area (Å²) in [7, 11) is 0.